The van der Waals surface area contributed by atoms with Gasteiger partial charge in [0.05, 0.1) is 0 Å². The summed E-state index contributed by atoms with van der Waals surface area (Å²) in [6.45, 7) is 1.62. The monoisotopic (exact) mass is 272 g/mol. The SMILES string of the molecule is CC(=O)CC(Sc1ccc(O)cc1)c1ccccc1. The predicted molar refractivity (Wildman–Crippen MR) is 78.4 cm³/mol. The molecule has 2 aromatic rings. The number of Topliss-reactive ketones (excluding diaryl/α,β-unsaturated/α-hetero) is 1. The van der Waals surface area contributed by atoms with Crippen molar-refractivity contribution in [3.63, 3.8) is 0 Å². The predicted octanol–water partition coefficient (Wildman–Crippen LogP) is 4.20. The third-order valence-electron chi connectivity index (χ3n) is 2.76. The van der Waals surface area contributed by atoms with Gasteiger partial charge in [0.2, 0.25) is 0 Å². The molecule has 0 spiro atoms. The molecule has 98 valence electrons. The van der Waals surface area contributed by atoms with Gasteiger partial charge in [0, 0.05) is 16.6 Å². The lowest BCUT2D eigenvalue weighted by Crippen LogP contribution is -2.00. The Morgan fingerprint density at radius 3 is 2.32 bits per heavy atom. The van der Waals surface area contributed by atoms with Crippen LogP contribution in [0.25, 0.3) is 0 Å². The quantitative estimate of drug-likeness (QED) is 0.829. The first-order valence-corrected chi connectivity index (χ1v) is 7.03. The molecule has 0 saturated heterocycles. The van der Waals surface area contributed by atoms with Crippen LogP contribution >= 0.6 is 11.8 Å². The van der Waals surface area contributed by atoms with Crippen LogP contribution in [0.1, 0.15) is 24.2 Å². The van der Waals surface area contributed by atoms with E-state index in [9.17, 15) is 9.90 Å². The van der Waals surface area contributed by atoms with E-state index >= 15 is 0 Å². The third kappa shape index (κ3) is 4.14. The Balaban J connectivity index is 2.19. The highest BCUT2D eigenvalue weighted by molar-refractivity contribution is 7.99. The summed E-state index contributed by atoms with van der Waals surface area (Å²) >= 11 is 1.65. The molecule has 1 atom stereocenters. The van der Waals surface area contributed by atoms with Gasteiger partial charge in [-0.2, -0.15) is 0 Å². The normalized spacial score (nSPS) is 12.1. The van der Waals surface area contributed by atoms with Crippen LogP contribution in [0.4, 0.5) is 0 Å². The molecule has 2 aromatic carbocycles. The van der Waals surface area contributed by atoms with E-state index in [2.05, 4.69) is 0 Å². The fraction of sp³-hybridized carbons (Fsp3) is 0.188. The average molecular weight is 272 g/mol. The Morgan fingerprint density at radius 2 is 1.74 bits per heavy atom. The van der Waals surface area contributed by atoms with E-state index in [4.69, 9.17) is 0 Å². The second-order valence-corrected chi connectivity index (χ2v) is 5.69. The molecule has 0 aliphatic rings. The Morgan fingerprint density at radius 1 is 1.11 bits per heavy atom. The van der Waals surface area contributed by atoms with Gasteiger partial charge in [0.25, 0.3) is 0 Å². The van der Waals surface area contributed by atoms with Crippen LogP contribution in [-0.2, 0) is 4.79 Å². The van der Waals surface area contributed by atoms with Crippen LogP contribution < -0.4 is 0 Å². The van der Waals surface area contributed by atoms with Crippen LogP contribution in [-0.4, -0.2) is 10.9 Å². The van der Waals surface area contributed by atoms with E-state index in [1.54, 1.807) is 30.8 Å². The summed E-state index contributed by atoms with van der Waals surface area (Å²) < 4.78 is 0. The highest BCUT2D eigenvalue weighted by atomic mass is 32.2. The fourth-order valence-electron chi connectivity index (χ4n) is 1.85. The number of rotatable bonds is 5. The molecule has 0 heterocycles. The minimum atomic E-state index is 0.114. The molecule has 0 aromatic heterocycles. The van der Waals surface area contributed by atoms with Crippen LogP contribution in [0, 0.1) is 0 Å². The smallest absolute Gasteiger partial charge is 0.131 e. The zero-order valence-electron chi connectivity index (χ0n) is 10.7. The summed E-state index contributed by atoms with van der Waals surface area (Å²) in [5, 5.41) is 9.40. The van der Waals surface area contributed by atoms with Crippen molar-refractivity contribution in [3.05, 3.63) is 60.2 Å². The topological polar surface area (TPSA) is 37.3 Å². The second-order valence-electron chi connectivity index (χ2n) is 4.42. The Hall–Kier alpha value is -1.74. The van der Waals surface area contributed by atoms with Gasteiger partial charge >= 0.3 is 0 Å². The summed E-state index contributed by atoms with van der Waals surface area (Å²) in [7, 11) is 0. The van der Waals surface area contributed by atoms with Crippen molar-refractivity contribution in [3.8, 4) is 5.75 Å². The largest absolute Gasteiger partial charge is 0.508 e. The summed E-state index contributed by atoms with van der Waals surface area (Å²) in [5.74, 6) is 0.437. The number of carbonyl (C=O) groups excluding carboxylic acids is 1. The molecule has 3 heteroatoms. The van der Waals surface area contributed by atoms with Crippen molar-refractivity contribution in [1.82, 2.24) is 0 Å². The van der Waals surface area contributed by atoms with Gasteiger partial charge in [-0.15, -0.1) is 11.8 Å². The molecule has 0 aliphatic heterocycles. The molecular formula is C16H16O2S. The zero-order chi connectivity index (χ0) is 13.7. The van der Waals surface area contributed by atoms with Gasteiger partial charge in [0.15, 0.2) is 0 Å². The van der Waals surface area contributed by atoms with Crippen molar-refractivity contribution in [2.75, 3.05) is 0 Å². The molecule has 0 bridgehead atoms. The first-order valence-electron chi connectivity index (χ1n) is 6.15. The van der Waals surface area contributed by atoms with Gasteiger partial charge in [-0.3, -0.25) is 4.79 Å². The number of phenolic OH excluding ortho intramolecular Hbond substituents is 1. The number of carbonyl (C=O) groups is 1. The lowest BCUT2D eigenvalue weighted by atomic mass is 10.1. The molecule has 0 saturated carbocycles. The number of hydrogen-bond donors (Lipinski definition) is 1. The Labute approximate surface area is 117 Å². The maximum atomic E-state index is 11.4. The van der Waals surface area contributed by atoms with Gasteiger partial charge in [0.1, 0.15) is 11.5 Å². The maximum absolute atomic E-state index is 11.4. The van der Waals surface area contributed by atoms with Crippen molar-refractivity contribution >= 4 is 17.5 Å². The minimum Gasteiger partial charge on any atom is -0.508 e. The zero-order valence-corrected chi connectivity index (χ0v) is 11.6. The first kappa shape index (κ1) is 13.7. The molecule has 0 amide bonds. The molecular weight excluding hydrogens is 256 g/mol. The second kappa shape index (κ2) is 6.43. The summed E-state index contributed by atoms with van der Waals surface area (Å²) in [6.07, 6.45) is 0.509. The molecule has 1 unspecified atom stereocenters. The number of ketones is 1. The van der Waals surface area contributed by atoms with Crippen molar-refractivity contribution in [1.29, 1.82) is 0 Å². The van der Waals surface area contributed by atoms with Crippen molar-refractivity contribution in [2.24, 2.45) is 0 Å². The van der Waals surface area contributed by atoms with Gasteiger partial charge in [-0.05, 0) is 36.8 Å². The highest BCUT2D eigenvalue weighted by Gasteiger charge is 2.15. The first-order chi connectivity index (χ1) is 9.15. The Kier molecular flexibility index (Phi) is 4.63. The van der Waals surface area contributed by atoms with E-state index in [-0.39, 0.29) is 16.8 Å². The molecule has 0 aliphatic carbocycles. The van der Waals surface area contributed by atoms with Gasteiger partial charge in [-0.25, -0.2) is 0 Å². The summed E-state index contributed by atoms with van der Waals surface area (Å²) in [6, 6.07) is 17.1. The Bertz CT molecular complexity index is 534. The van der Waals surface area contributed by atoms with E-state index in [1.807, 2.05) is 42.5 Å². The molecule has 1 N–H and O–H groups in total. The van der Waals surface area contributed by atoms with E-state index < -0.39 is 0 Å². The van der Waals surface area contributed by atoms with Crippen molar-refractivity contribution < 1.29 is 9.90 Å². The van der Waals surface area contributed by atoms with Crippen LogP contribution in [0.5, 0.6) is 5.75 Å². The number of benzene rings is 2. The lowest BCUT2D eigenvalue weighted by molar-refractivity contribution is -0.117. The highest BCUT2D eigenvalue weighted by Crippen LogP contribution is 2.38. The molecule has 19 heavy (non-hydrogen) atoms. The number of thioether (sulfide) groups is 1. The van der Waals surface area contributed by atoms with E-state index in [0.717, 1.165) is 10.5 Å². The number of hydrogen-bond acceptors (Lipinski definition) is 3. The van der Waals surface area contributed by atoms with Crippen LogP contribution in [0.2, 0.25) is 0 Å². The van der Waals surface area contributed by atoms with E-state index in [0.29, 0.717) is 6.42 Å². The minimum absolute atomic E-state index is 0.114. The molecule has 2 rings (SSSR count). The molecule has 2 nitrogen and oxygen atoms in total. The summed E-state index contributed by atoms with van der Waals surface area (Å²) in [5.41, 5.74) is 1.15. The third-order valence-corrected chi connectivity index (χ3v) is 4.03. The molecule has 0 fully saturated rings. The van der Waals surface area contributed by atoms with Gasteiger partial charge < -0.3 is 5.11 Å². The average Bonchev–Trinajstić information content (AvgIpc) is 2.41. The lowest BCUT2D eigenvalue weighted by Gasteiger charge is -2.15. The van der Waals surface area contributed by atoms with Crippen LogP contribution in [0.15, 0.2) is 59.5 Å². The van der Waals surface area contributed by atoms with Crippen LogP contribution in [0.3, 0.4) is 0 Å². The molecule has 0 radical (unpaired) electrons. The van der Waals surface area contributed by atoms with Crippen molar-refractivity contribution in [2.45, 2.75) is 23.5 Å². The van der Waals surface area contributed by atoms with E-state index in [1.165, 1.54) is 0 Å². The number of phenols is 1. The number of aromatic hydroxyl groups is 1. The standard InChI is InChI=1S/C16H16O2S/c1-12(17)11-16(13-5-3-2-4-6-13)19-15-9-7-14(18)8-10-15/h2-10,16,18H,11H2,1H3. The summed E-state index contributed by atoms with van der Waals surface area (Å²) in [4.78, 5) is 12.5. The van der Waals surface area contributed by atoms with Gasteiger partial charge in [-0.1, -0.05) is 30.3 Å². The maximum Gasteiger partial charge on any atom is 0.131 e. The fourth-order valence-corrected chi connectivity index (χ4v) is 3.08.